The highest BCUT2D eigenvalue weighted by atomic mass is 127. The Morgan fingerprint density at radius 1 is 1.10 bits per heavy atom. The summed E-state index contributed by atoms with van der Waals surface area (Å²) >= 11 is 0. The van der Waals surface area contributed by atoms with Crippen molar-refractivity contribution >= 4 is 41.4 Å². The molecule has 0 aliphatic rings. The van der Waals surface area contributed by atoms with Crippen molar-refractivity contribution in [3.8, 4) is 0 Å². The van der Waals surface area contributed by atoms with Gasteiger partial charge in [-0.25, -0.2) is 9.98 Å². The summed E-state index contributed by atoms with van der Waals surface area (Å²) in [5.74, 6) is 1.01. The number of hydrogen-bond donors (Lipinski definition) is 3. The molecule has 0 atom stereocenters. The minimum absolute atomic E-state index is 0. The maximum absolute atomic E-state index is 13.0. The van der Waals surface area contributed by atoms with Crippen LogP contribution in [-0.2, 0) is 12.7 Å². The van der Waals surface area contributed by atoms with Crippen LogP contribution in [-0.4, -0.2) is 45.2 Å². The van der Waals surface area contributed by atoms with Gasteiger partial charge in [0.2, 0.25) is 0 Å². The van der Waals surface area contributed by atoms with E-state index in [4.69, 9.17) is 0 Å². The first-order valence-electron chi connectivity index (χ1n) is 9.06. The molecule has 0 bridgehead atoms. The number of guanidine groups is 1. The van der Waals surface area contributed by atoms with Crippen LogP contribution in [0.2, 0.25) is 0 Å². The molecule has 0 aliphatic heterocycles. The Morgan fingerprint density at radius 2 is 1.93 bits per heavy atom. The van der Waals surface area contributed by atoms with E-state index in [-0.39, 0.29) is 36.3 Å². The first-order chi connectivity index (χ1) is 14.0. The second-order valence-corrected chi connectivity index (χ2v) is 5.99. The van der Waals surface area contributed by atoms with E-state index < -0.39 is 11.7 Å². The van der Waals surface area contributed by atoms with Crippen molar-refractivity contribution in [2.24, 2.45) is 4.99 Å². The summed E-state index contributed by atoms with van der Waals surface area (Å²) in [5.41, 5.74) is -0.0602. The SMILES string of the molecule is CCNC(=NCc1nnc2ccccn12)NCCNc1ncccc1C(F)(F)F.I. The summed E-state index contributed by atoms with van der Waals surface area (Å²) in [4.78, 5) is 8.23. The second-order valence-electron chi connectivity index (χ2n) is 5.99. The minimum Gasteiger partial charge on any atom is -0.368 e. The Kier molecular flexibility index (Phi) is 8.62. The average Bonchev–Trinajstić information content (AvgIpc) is 3.12. The minimum atomic E-state index is -4.46. The predicted molar refractivity (Wildman–Crippen MR) is 119 cm³/mol. The van der Waals surface area contributed by atoms with Crippen molar-refractivity contribution < 1.29 is 13.2 Å². The topological polar surface area (TPSA) is 91.5 Å². The summed E-state index contributed by atoms with van der Waals surface area (Å²) in [7, 11) is 0. The number of nitrogens with zero attached hydrogens (tertiary/aromatic N) is 5. The lowest BCUT2D eigenvalue weighted by atomic mass is 10.2. The second kappa shape index (κ2) is 10.9. The molecular weight excluding hydrogens is 512 g/mol. The molecule has 0 saturated heterocycles. The molecule has 3 aromatic rings. The van der Waals surface area contributed by atoms with Crippen LogP contribution in [0.15, 0.2) is 47.7 Å². The van der Waals surface area contributed by atoms with Gasteiger partial charge in [-0.05, 0) is 31.2 Å². The van der Waals surface area contributed by atoms with Crippen molar-refractivity contribution in [2.45, 2.75) is 19.6 Å². The maximum atomic E-state index is 13.0. The van der Waals surface area contributed by atoms with Gasteiger partial charge in [0.1, 0.15) is 12.4 Å². The van der Waals surface area contributed by atoms with Crippen molar-refractivity contribution in [1.82, 2.24) is 30.2 Å². The highest BCUT2D eigenvalue weighted by Gasteiger charge is 2.33. The Bertz CT molecular complexity index is 973. The molecule has 0 spiro atoms. The number of hydrogen-bond acceptors (Lipinski definition) is 5. The van der Waals surface area contributed by atoms with E-state index in [1.165, 1.54) is 12.3 Å². The predicted octanol–water partition coefficient (Wildman–Crippen LogP) is 2.93. The van der Waals surface area contributed by atoms with E-state index in [1.807, 2.05) is 35.7 Å². The van der Waals surface area contributed by atoms with Crippen molar-refractivity contribution in [3.63, 3.8) is 0 Å². The molecule has 3 rings (SSSR count). The zero-order valence-electron chi connectivity index (χ0n) is 16.1. The van der Waals surface area contributed by atoms with Gasteiger partial charge in [-0.1, -0.05) is 6.07 Å². The zero-order valence-corrected chi connectivity index (χ0v) is 18.5. The fourth-order valence-corrected chi connectivity index (χ4v) is 2.63. The molecule has 0 radical (unpaired) electrons. The Balaban J connectivity index is 0.00000320. The van der Waals surface area contributed by atoms with Gasteiger partial charge in [0.15, 0.2) is 17.4 Å². The molecule has 0 amide bonds. The molecule has 0 aliphatic carbocycles. The van der Waals surface area contributed by atoms with Crippen LogP contribution in [0, 0.1) is 0 Å². The molecule has 8 nitrogen and oxygen atoms in total. The number of pyridine rings is 2. The summed E-state index contributed by atoms with van der Waals surface area (Å²) in [6, 6.07) is 7.86. The molecule has 3 N–H and O–H groups in total. The molecule has 12 heteroatoms. The Morgan fingerprint density at radius 3 is 2.70 bits per heavy atom. The molecule has 3 heterocycles. The summed E-state index contributed by atoms with van der Waals surface area (Å²) in [6.07, 6.45) is -1.28. The van der Waals surface area contributed by atoms with E-state index in [1.54, 1.807) is 0 Å². The van der Waals surface area contributed by atoms with Crippen molar-refractivity contribution in [1.29, 1.82) is 0 Å². The summed E-state index contributed by atoms with van der Waals surface area (Å²) in [5, 5.41) is 17.1. The van der Waals surface area contributed by atoms with E-state index in [9.17, 15) is 13.2 Å². The molecule has 0 saturated carbocycles. The van der Waals surface area contributed by atoms with Crippen molar-refractivity contribution in [2.75, 3.05) is 25.0 Å². The number of fused-ring (bicyclic) bond motifs is 1. The highest BCUT2D eigenvalue weighted by Crippen LogP contribution is 2.33. The highest BCUT2D eigenvalue weighted by molar-refractivity contribution is 14.0. The lowest BCUT2D eigenvalue weighted by molar-refractivity contribution is -0.137. The van der Waals surface area contributed by atoms with Crippen LogP contribution in [0.1, 0.15) is 18.3 Å². The number of nitrogens with one attached hydrogen (secondary N) is 3. The molecule has 30 heavy (non-hydrogen) atoms. The van der Waals surface area contributed by atoms with Gasteiger partial charge in [-0.3, -0.25) is 4.40 Å². The van der Waals surface area contributed by atoms with Gasteiger partial charge in [-0.2, -0.15) is 13.2 Å². The maximum Gasteiger partial charge on any atom is 0.419 e. The van der Waals surface area contributed by atoms with Gasteiger partial charge >= 0.3 is 6.18 Å². The van der Waals surface area contributed by atoms with Gasteiger partial charge < -0.3 is 16.0 Å². The number of aromatic nitrogens is 4. The first-order valence-corrected chi connectivity index (χ1v) is 9.06. The van der Waals surface area contributed by atoms with E-state index >= 15 is 0 Å². The first kappa shape index (κ1) is 23.6. The molecule has 0 aromatic carbocycles. The molecule has 3 aromatic heterocycles. The quantitative estimate of drug-likeness (QED) is 0.187. The van der Waals surface area contributed by atoms with Crippen LogP contribution < -0.4 is 16.0 Å². The van der Waals surface area contributed by atoms with Crippen LogP contribution in [0.4, 0.5) is 19.0 Å². The zero-order chi connectivity index (χ0) is 20.7. The Labute approximate surface area is 188 Å². The number of aliphatic imine (C=N–C) groups is 1. The number of rotatable bonds is 7. The monoisotopic (exact) mass is 534 g/mol. The summed E-state index contributed by atoms with van der Waals surface area (Å²) in [6.45, 7) is 3.44. The van der Waals surface area contributed by atoms with Gasteiger partial charge in [0, 0.05) is 32.0 Å². The average molecular weight is 534 g/mol. The van der Waals surface area contributed by atoms with Crippen LogP contribution in [0.3, 0.4) is 0 Å². The third-order valence-corrected chi connectivity index (χ3v) is 3.93. The number of halogens is 4. The fraction of sp³-hybridized carbons (Fsp3) is 0.333. The van der Waals surface area contributed by atoms with Crippen LogP contribution in [0.25, 0.3) is 5.65 Å². The molecule has 0 unspecified atom stereocenters. The number of anilines is 1. The van der Waals surface area contributed by atoms with E-state index in [0.29, 0.717) is 31.4 Å². The van der Waals surface area contributed by atoms with E-state index in [0.717, 1.165) is 11.7 Å². The Hall–Kier alpha value is -2.64. The normalized spacial score (nSPS) is 11.8. The molecular formula is C18H22F3IN8. The lowest BCUT2D eigenvalue weighted by Crippen LogP contribution is -2.39. The smallest absolute Gasteiger partial charge is 0.368 e. The van der Waals surface area contributed by atoms with Crippen molar-refractivity contribution in [3.05, 3.63) is 54.1 Å². The third-order valence-electron chi connectivity index (χ3n) is 3.93. The van der Waals surface area contributed by atoms with Gasteiger partial charge in [0.05, 0.1) is 5.56 Å². The number of alkyl halides is 3. The third kappa shape index (κ3) is 6.18. The van der Waals surface area contributed by atoms with Gasteiger partial charge in [-0.15, -0.1) is 34.2 Å². The molecule has 162 valence electrons. The lowest BCUT2D eigenvalue weighted by Gasteiger charge is -2.14. The standard InChI is InChI=1S/C18H21F3N8.HI/c1-2-22-17(26-12-15-28-27-14-7-3-4-11-29(14)15)25-10-9-24-16-13(18(19,20)21)6-5-8-23-16;/h3-8,11H,2,9-10,12H2,1H3,(H,23,24)(H2,22,25,26);1H. The van der Waals surface area contributed by atoms with Crippen LogP contribution >= 0.6 is 24.0 Å². The van der Waals surface area contributed by atoms with Gasteiger partial charge in [0.25, 0.3) is 0 Å². The largest absolute Gasteiger partial charge is 0.419 e. The fourth-order valence-electron chi connectivity index (χ4n) is 2.63. The summed E-state index contributed by atoms with van der Waals surface area (Å²) < 4.78 is 40.8. The van der Waals surface area contributed by atoms with Crippen LogP contribution in [0.5, 0.6) is 0 Å². The van der Waals surface area contributed by atoms with E-state index in [2.05, 4.69) is 36.1 Å². The molecule has 0 fully saturated rings.